The van der Waals surface area contributed by atoms with E-state index in [1.807, 2.05) is 13.8 Å². The first kappa shape index (κ1) is 25.2. The molecule has 3 heterocycles. The third-order valence-corrected chi connectivity index (χ3v) is 8.20. The lowest BCUT2D eigenvalue weighted by atomic mass is 9.82. The summed E-state index contributed by atoms with van der Waals surface area (Å²) in [6.45, 7) is 6.03. The summed E-state index contributed by atoms with van der Waals surface area (Å²) in [4.78, 5) is 44.8. The molecule has 1 aliphatic heterocycles. The summed E-state index contributed by atoms with van der Waals surface area (Å²) in [5.41, 5.74) is 2.06. The van der Waals surface area contributed by atoms with Crippen LogP contribution in [0.4, 0.5) is 11.4 Å². The second kappa shape index (κ2) is 10.8. The maximum atomic E-state index is 13.5. The van der Waals surface area contributed by atoms with E-state index in [0.717, 1.165) is 37.0 Å². The van der Waals surface area contributed by atoms with Gasteiger partial charge in [-0.3, -0.25) is 14.6 Å². The second-order valence-corrected chi connectivity index (χ2v) is 11.2. The molecule has 10 heteroatoms. The monoisotopic (exact) mass is 514 g/mol. The first-order valence-electron chi connectivity index (χ1n) is 11.8. The van der Waals surface area contributed by atoms with Gasteiger partial charge in [-0.15, -0.1) is 23.1 Å². The van der Waals surface area contributed by atoms with Crippen molar-refractivity contribution in [1.29, 1.82) is 0 Å². The Labute approximate surface area is 213 Å². The van der Waals surface area contributed by atoms with Crippen molar-refractivity contribution >= 4 is 52.3 Å². The van der Waals surface area contributed by atoms with Crippen molar-refractivity contribution in [1.82, 2.24) is 10.3 Å². The van der Waals surface area contributed by atoms with Crippen molar-refractivity contribution in [2.24, 2.45) is 11.8 Å². The van der Waals surface area contributed by atoms with E-state index in [9.17, 15) is 19.5 Å². The molecular formula is C25H30N4O4S2. The predicted molar refractivity (Wildman–Crippen MR) is 141 cm³/mol. The lowest BCUT2D eigenvalue weighted by Crippen LogP contribution is -2.42. The van der Waals surface area contributed by atoms with Crippen LogP contribution in [0.3, 0.4) is 0 Å². The number of carbonyl (C=O) groups excluding carboxylic acids is 2. The zero-order valence-corrected chi connectivity index (χ0v) is 21.7. The molecule has 1 aliphatic carbocycles. The fourth-order valence-electron chi connectivity index (χ4n) is 4.43. The lowest BCUT2D eigenvalue weighted by Gasteiger charge is -2.33. The largest absolute Gasteiger partial charge is 0.477 e. The topological polar surface area (TPSA) is 112 Å². The lowest BCUT2D eigenvalue weighted by molar-refractivity contribution is -0.124. The summed E-state index contributed by atoms with van der Waals surface area (Å²) >= 11 is 2.62. The second-order valence-electron chi connectivity index (χ2n) is 9.29. The summed E-state index contributed by atoms with van der Waals surface area (Å²) in [6, 6.07) is 5.05. The summed E-state index contributed by atoms with van der Waals surface area (Å²) in [7, 11) is 0. The van der Waals surface area contributed by atoms with Gasteiger partial charge in [0.25, 0.3) is 5.91 Å². The van der Waals surface area contributed by atoms with E-state index in [1.54, 1.807) is 34.7 Å². The van der Waals surface area contributed by atoms with Gasteiger partial charge in [-0.25, -0.2) is 4.79 Å². The predicted octanol–water partition coefficient (Wildman–Crippen LogP) is 5.15. The highest BCUT2D eigenvalue weighted by Gasteiger charge is 2.33. The highest BCUT2D eigenvalue weighted by atomic mass is 32.2. The molecule has 3 N–H and O–H groups in total. The number of carbonyl (C=O) groups is 3. The molecule has 2 aliphatic rings. The van der Waals surface area contributed by atoms with Gasteiger partial charge in [-0.2, -0.15) is 0 Å². The van der Waals surface area contributed by atoms with Crippen LogP contribution in [-0.2, 0) is 9.59 Å². The van der Waals surface area contributed by atoms with Crippen molar-refractivity contribution in [2.75, 3.05) is 16.1 Å². The molecule has 1 fully saturated rings. The van der Waals surface area contributed by atoms with Gasteiger partial charge in [0.1, 0.15) is 10.6 Å². The molecule has 2 aromatic heterocycles. The van der Waals surface area contributed by atoms with Crippen LogP contribution in [0, 0.1) is 11.8 Å². The molecule has 0 atom stereocenters. The minimum Gasteiger partial charge on any atom is -0.477 e. The Kier molecular flexibility index (Phi) is 7.81. The highest BCUT2D eigenvalue weighted by Crippen LogP contribution is 2.39. The van der Waals surface area contributed by atoms with E-state index in [4.69, 9.17) is 0 Å². The van der Waals surface area contributed by atoms with Crippen molar-refractivity contribution in [3.63, 3.8) is 0 Å². The molecule has 0 aromatic carbocycles. The molecule has 0 saturated heterocycles. The standard InChI is InChI=1S/C25H30N4O4S2/c1-14(2)29(24(31)16-6-4-15(3)5-7-16)20-10-21(35-22(20)25(32)33)18-9-8-17(11-26-18)28-23(30)19-12-34-13-27-19/h8-12,14-16,27H,4-7,13H2,1-3H3,(H,28,30)(H,32,33). The maximum Gasteiger partial charge on any atom is 0.348 e. The van der Waals surface area contributed by atoms with Gasteiger partial charge in [-0.1, -0.05) is 6.92 Å². The Morgan fingerprint density at radius 3 is 2.51 bits per heavy atom. The zero-order valence-electron chi connectivity index (χ0n) is 20.0. The number of hydrogen-bond acceptors (Lipinski definition) is 7. The number of nitrogens with zero attached hydrogens (tertiary/aromatic N) is 2. The van der Waals surface area contributed by atoms with E-state index < -0.39 is 5.97 Å². The van der Waals surface area contributed by atoms with Gasteiger partial charge >= 0.3 is 5.97 Å². The number of pyridine rings is 1. The fourth-order valence-corrected chi connectivity index (χ4v) is 6.07. The molecule has 1 saturated carbocycles. The van der Waals surface area contributed by atoms with Crippen molar-refractivity contribution in [2.45, 2.75) is 52.5 Å². The van der Waals surface area contributed by atoms with Gasteiger partial charge < -0.3 is 20.6 Å². The third-order valence-electron chi connectivity index (χ3n) is 6.35. The molecule has 186 valence electrons. The van der Waals surface area contributed by atoms with E-state index in [2.05, 4.69) is 22.5 Å². The highest BCUT2D eigenvalue weighted by molar-refractivity contribution is 8.02. The van der Waals surface area contributed by atoms with Crippen LogP contribution >= 0.6 is 23.1 Å². The summed E-state index contributed by atoms with van der Waals surface area (Å²) in [5.74, 6) is -0.0918. The van der Waals surface area contributed by atoms with Crippen LogP contribution in [0.2, 0.25) is 0 Å². The van der Waals surface area contributed by atoms with Gasteiger partial charge in [0.05, 0.1) is 34.0 Å². The Balaban J connectivity index is 1.58. The molecule has 0 bridgehead atoms. The third kappa shape index (κ3) is 5.70. The van der Waals surface area contributed by atoms with Crippen LogP contribution < -0.4 is 15.5 Å². The Morgan fingerprint density at radius 1 is 1.20 bits per heavy atom. The Hall–Kier alpha value is -2.85. The number of aromatic carboxylic acids is 1. The van der Waals surface area contributed by atoms with Crippen LogP contribution in [0.5, 0.6) is 0 Å². The fraction of sp³-hybridized carbons (Fsp3) is 0.440. The van der Waals surface area contributed by atoms with E-state index in [-0.39, 0.29) is 28.7 Å². The minimum absolute atomic E-state index is 0.00207. The number of carboxylic acids is 1. The Bertz CT molecular complexity index is 1130. The van der Waals surface area contributed by atoms with Gasteiger partial charge in [0.2, 0.25) is 5.91 Å². The summed E-state index contributed by atoms with van der Waals surface area (Å²) in [6.07, 6.45) is 5.25. The number of rotatable bonds is 7. The van der Waals surface area contributed by atoms with E-state index in [0.29, 0.717) is 39.4 Å². The van der Waals surface area contributed by atoms with Gasteiger partial charge in [0, 0.05) is 17.4 Å². The summed E-state index contributed by atoms with van der Waals surface area (Å²) in [5, 5.41) is 17.5. The molecule has 0 unspecified atom stereocenters. The summed E-state index contributed by atoms with van der Waals surface area (Å²) < 4.78 is 0. The Morgan fingerprint density at radius 2 is 1.94 bits per heavy atom. The molecular weight excluding hydrogens is 484 g/mol. The number of hydrogen-bond donors (Lipinski definition) is 3. The SMILES string of the molecule is CC1CCC(C(=O)N(c2cc(-c3ccc(NC(=O)C4=CSCN4)cn3)sc2C(=O)O)C(C)C)CC1. The molecule has 0 radical (unpaired) electrons. The number of thiophene rings is 1. The van der Waals surface area contributed by atoms with Crippen LogP contribution in [0.1, 0.15) is 56.1 Å². The van der Waals surface area contributed by atoms with E-state index in [1.165, 1.54) is 11.8 Å². The molecule has 2 aromatic rings. The maximum absolute atomic E-state index is 13.5. The smallest absolute Gasteiger partial charge is 0.348 e. The first-order chi connectivity index (χ1) is 16.7. The van der Waals surface area contributed by atoms with Crippen molar-refractivity contribution in [3.05, 3.63) is 40.4 Å². The van der Waals surface area contributed by atoms with Gasteiger partial charge in [0.15, 0.2) is 0 Å². The average Bonchev–Trinajstić information content (AvgIpc) is 3.51. The number of anilines is 2. The van der Waals surface area contributed by atoms with E-state index >= 15 is 0 Å². The number of amides is 2. The molecule has 35 heavy (non-hydrogen) atoms. The van der Waals surface area contributed by atoms with Crippen molar-refractivity contribution < 1.29 is 19.5 Å². The molecule has 4 rings (SSSR count). The molecule has 0 spiro atoms. The zero-order chi connectivity index (χ0) is 25.1. The number of nitrogens with one attached hydrogen (secondary N) is 2. The molecule has 8 nitrogen and oxygen atoms in total. The minimum atomic E-state index is -1.06. The quantitative estimate of drug-likeness (QED) is 0.468. The first-order valence-corrected chi connectivity index (χ1v) is 13.6. The molecule has 2 amide bonds. The number of thioether (sulfide) groups is 1. The number of carboxylic acid groups (broad SMARTS) is 1. The van der Waals surface area contributed by atoms with Crippen LogP contribution in [0.25, 0.3) is 10.6 Å². The van der Waals surface area contributed by atoms with Crippen LogP contribution in [0.15, 0.2) is 35.5 Å². The number of aromatic nitrogens is 1. The van der Waals surface area contributed by atoms with Crippen LogP contribution in [-0.4, -0.2) is 39.8 Å². The van der Waals surface area contributed by atoms with Gasteiger partial charge in [-0.05, 0) is 63.6 Å². The normalized spacial score (nSPS) is 19.7. The average molecular weight is 515 g/mol. The van der Waals surface area contributed by atoms with Crippen molar-refractivity contribution in [3.8, 4) is 10.6 Å².